The van der Waals surface area contributed by atoms with Crippen LogP contribution in [0, 0.1) is 0 Å². The van der Waals surface area contributed by atoms with Crippen LogP contribution in [-0.2, 0) is 9.31 Å². The molecule has 0 atom stereocenters. The van der Waals surface area contributed by atoms with Crippen LogP contribution in [0.15, 0.2) is 28.1 Å². The van der Waals surface area contributed by atoms with E-state index in [1.807, 2.05) is 25.2 Å². The quantitative estimate of drug-likeness (QED) is 0.781. The molecule has 0 spiro atoms. The highest BCUT2D eigenvalue weighted by atomic mass is 79.9. The third kappa shape index (κ3) is 3.77. The highest BCUT2D eigenvalue weighted by molar-refractivity contribution is 9.10. The molecule has 2 rings (SSSR count). The molecule has 1 saturated heterocycles. The van der Waals surface area contributed by atoms with E-state index >= 15 is 0 Å². The van der Waals surface area contributed by atoms with Gasteiger partial charge in [-0.25, -0.2) is 0 Å². The van der Waals surface area contributed by atoms with Crippen molar-refractivity contribution < 1.29 is 9.31 Å². The molecule has 0 bridgehead atoms. The van der Waals surface area contributed by atoms with Gasteiger partial charge in [0.15, 0.2) is 0 Å². The molecule has 0 radical (unpaired) electrons. The third-order valence-corrected chi connectivity index (χ3v) is 5.16. The second kappa shape index (κ2) is 6.66. The topological polar surface area (TPSA) is 30.5 Å². The van der Waals surface area contributed by atoms with E-state index in [0.717, 1.165) is 15.5 Å². The molecule has 1 heterocycles. The van der Waals surface area contributed by atoms with Gasteiger partial charge in [-0.3, -0.25) is 0 Å². The van der Waals surface area contributed by atoms with Crippen LogP contribution in [0.3, 0.4) is 0 Å². The molecular formula is C16H22BBrClNO2. The Morgan fingerprint density at radius 1 is 1.27 bits per heavy atom. The Balaban J connectivity index is 2.33. The number of likely N-dealkylation sites (N-methyl/N-ethyl adjacent to an activating group) is 1. The normalized spacial score (nSPS) is 20.5. The summed E-state index contributed by atoms with van der Waals surface area (Å²) in [5.41, 5.74) is 1.40. The summed E-state index contributed by atoms with van der Waals surface area (Å²) in [5, 5.41) is 3.88. The molecule has 0 aliphatic carbocycles. The summed E-state index contributed by atoms with van der Waals surface area (Å²) in [5.74, 6) is 0. The summed E-state index contributed by atoms with van der Waals surface area (Å²) in [6.45, 7) is 8.92. The minimum atomic E-state index is -0.361. The van der Waals surface area contributed by atoms with Gasteiger partial charge in [-0.15, -0.1) is 0 Å². The van der Waals surface area contributed by atoms with Crippen LogP contribution in [0.25, 0.3) is 6.08 Å². The van der Waals surface area contributed by atoms with Crippen molar-refractivity contribution in [2.75, 3.05) is 13.6 Å². The monoisotopic (exact) mass is 385 g/mol. The van der Waals surface area contributed by atoms with Crippen LogP contribution in [0.5, 0.6) is 0 Å². The Morgan fingerprint density at radius 3 is 2.36 bits per heavy atom. The Labute approximate surface area is 146 Å². The van der Waals surface area contributed by atoms with Crippen molar-refractivity contribution in [3.63, 3.8) is 0 Å². The smallest absolute Gasteiger partial charge is 0.400 e. The van der Waals surface area contributed by atoms with Gasteiger partial charge in [-0.05, 0) is 57.9 Å². The van der Waals surface area contributed by atoms with Crippen LogP contribution in [-0.4, -0.2) is 31.9 Å². The fourth-order valence-electron chi connectivity index (χ4n) is 2.22. The molecule has 1 aromatic rings. The molecule has 120 valence electrons. The molecule has 22 heavy (non-hydrogen) atoms. The van der Waals surface area contributed by atoms with Crippen LogP contribution in [0.4, 0.5) is 0 Å². The maximum Gasteiger partial charge on any atom is 0.491 e. The van der Waals surface area contributed by atoms with Gasteiger partial charge >= 0.3 is 7.12 Å². The van der Waals surface area contributed by atoms with Crippen molar-refractivity contribution in [2.24, 2.45) is 0 Å². The van der Waals surface area contributed by atoms with Crippen LogP contribution in [0.2, 0.25) is 5.02 Å². The van der Waals surface area contributed by atoms with Crippen molar-refractivity contribution in [1.29, 1.82) is 0 Å². The van der Waals surface area contributed by atoms with Crippen LogP contribution in [0.1, 0.15) is 33.3 Å². The van der Waals surface area contributed by atoms with Crippen molar-refractivity contribution in [2.45, 2.75) is 38.9 Å². The fraction of sp³-hybridized carbons (Fsp3) is 0.500. The summed E-state index contributed by atoms with van der Waals surface area (Å²) < 4.78 is 13.2. The summed E-state index contributed by atoms with van der Waals surface area (Å²) in [4.78, 5) is 0. The SMILES string of the molecule is CNCC(=Cc1ccc(Cl)cc1Br)B1OC(C)(C)C(C)(C)O1. The summed E-state index contributed by atoms with van der Waals surface area (Å²) in [6, 6.07) is 5.74. The Morgan fingerprint density at radius 2 is 1.86 bits per heavy atom. The zero-order valence-electron chi connectivity index (χ0n) is 13.7. The highest BCUT2D eigenvalue weighted by Crippen LogP contribution is 2.39. The molecule has 1 aliphatic rings. The second-order valence-corrected chi connectivity index (χ2v) is 7.79. The standard InChI is InChI=1S/C16H22BBrClNO2/c1-15(2)16(3,4)22-17(21-15)12(10-20-5)8-11-6-7-13(19)9-14(11)18/h6-9,20H,10H2,1-5H3. The Bertz CT molecular complexity index is 574. The number of hydrogen-bond donors (Lipinski definition) is 1. The van der Waals surface area contributed by atoms with Gasteiger partial charge in [-0.2, -0.15) is 0 Å². The van der Waals surface area contributed by atoms with Crippen molar-refractivity contribution >= 4 is 40.7 Å². The summed E-state index contributed by atoms with van der Waals surface area (Å²) in [6.07, 6.45) is 2.08. The molecule has 1 aromatic carbocycles. The number of nitrogens with one attached hydrogen (secondary N) is 1. The molecule has 0 unspecified atom stereocenters. The molecule has 1 aliphatic heterocycles. The number of rotatable bonds is 4. The molecular weight excluding hydrogens is 364 g/mol. The van der Waals surface area contributed by atoms with E-state index in [2.05, 4.69) is 55.0 Å². The molecule has 3 nitrogen and oxygen atoms in total. The first-order chi connectivity index (χ1) is 10.2. The van der Waals surface area contributed by atoms with E-state index in [1.54, 1.807) is 0 Å². The summed E-state index contributed by atoms with van der Waals surface area (Å²) >= 11 is 9.55. The van der Waals surface area contributed by atoms with Gasteiger partial charge in [-0.1, -0.05) is 39.7 Å². The Kier molecular flexibility index (Phi) is 5.45. The largest absolute Gasteiger partial charge is 0.491 e. The van der Waals surface area contributed by atoms with Crippen molar-refractivity contribution in [3.8, 4) is 0 Å². The lowest BCUT2D eigenvalue weighted by Gasteiger charge is -2.32. The number of benzene rings is 1. The molecule has 0 saturated carbocycles. The lowest BCUT2D eigenvalue weighted by atomic mass is 9.77. The fourth-order valence-corrected chi connectivity index (χ4v) is 3.02. The van der Waals surface area contributed by atoms with E-state index < -0.39 is 0 Å². The van der Waals surface area contributed by atoms with Gasteiger partial charge in [0.2, 0.25) is 0 Å². The van der Waals surface area contributed by atoms with Crippen LogP contribution >= 0.6 is 27.5 Å². The van der Waals surface area contributed by atoms with Gasteiger partial charge in [0.05, 0.1) is 11.2 Å². The molecule has 1 N–H and O–H groups in total. The van der Waals surface area contributed by atoms with E-state index in [0.29, 0.717) is 11.6 Å². The van der Waals surface area contributed by atoms with Crippen LogP contribution < -0.4 is 5.32 Å². The van der Waals surface area contributed by atoms with Crippen molar-refractivity contribution in [1.82, 2.24) is 5.32 Å². The van der Waals surface area contributed by atoms with E-state index in [4.69, 9.17) is 20.9 Å². The lowest BCUT2D eigenvalue weighted by Crippen LogP contribution is -2.41. The van der Waals surface area contributed by atoms with Gasteiger partial charge in [0, 0.05) is 16.0 Å². The van der Waals surface area contributed by atoms with Gasteiger partial charge in [0.1, 0.15) is 0 Å². The zero-order valence-corrected chi connectivity index (χ0v) is 16.0. The van der Waals surface area contributed by atoms with E-state index in [-0.39, 0.29) is 18.3 Å². The lowest BCUT2D eigenvalue weighted by molar-refractivity contribution is 0.00578. The van der Waals surface area contributed by atoms with E-state index in [1.165, 1.54) is 0 Å². The maximum absolute atomic E-state index is 6.14. The third-order valence-electron chi connectivity index (χ3n) is 4.24. The minimum absolute atomic E-state index is 0.346. The first kappa shape index (κ1) is 18.0. The minimum Gasteiger partial charge on any atom is -0.400 e. The Hall–Kier alpha value is -0.325. The van der Waals surface area contributed by atoms with E-state index in [9.17, 15) is 0 Å². The molecule has 0 amide bonds. The maximum atomic E-state index is 6.14. The first-order valence-corrected chi connectivity index (χ1v) is 8.49. The van der Waals surface area contributed by atoms with Crippen molar-refractivity contribution in [3.05, 3.63) is 38.7 Å². The second-order valence-electron chi connectivity index (χ2n) is 6.50. The average molecular weight is 387 g/mol. The predicted octanol–water partition coefficient (Wildman–Crippen LogP) is 4.34. The number of hydrogen-bond acceptors (Lipinski definition) is 3. The van der Waals surface area contributed by atoms with Gasteiger partial charge in [0.25, 0.3) is 0 Å². The zero-order chi connectivity index (χ0) is 16.5. The molecule has 0 aromatic heterocycles. The highest BCUT2D eigenvalue weighted by Gasteiger charge is 2.52. The summed E-state index contributed by atoms with van der Waals surface area (Å²) in [7, 11) is 1.55. The predicted molar refractivity (Wildman–Crippen MR) is 97.1 cm³/mol. The number of halogens is 2. The molecule has 1 fully saturated rings. The molecule has 6 heteroatoms. The average Bonchev–Trinajstić information content (AvgIpc) is 2.61. The van der Waals surface area contributed by atoms with Gasteiger partial charge < -0.3 is 14.6 Å². The first-order valence-electron chi connectivity index (χ1n) is 7.32.